The highest BCUT2D eigenvalue weighted by Gasteiger charge is 2.30. The van der Waals surface area contributed by atoms with E-state index in [0.29, 0.717) is 0 Å². The molecule has 20 heavy (non-hydrogen) atoms. The first kappa shape index (κ1) is 14.1. The third-order valence-electron chi connectivity index (χ3n) is 4.77. The predicted octanol–water partition coefficient (Wildman–Crippen LogP) is 3.46. The van der Waals surface area contributed by atoms with E-state index in [1.807, 2.05) is 0 Å². The molecule has 1 aromatic carbocycles. The van der Waals surface area contributed by atoms with E-state index in [2.05, 4.69) is 36.9 Å². The molecule has 3 rings (SSSR count). The monoisotopic (exact) mass is 273 g/mol. The maximum atomic E-state index is 10.5. The Morgan fingerprint density at radius 1 is 1.05 bits per heavy atom. The van der Waals surface area contributed by atoms with Gasteiger partial charge in [-0.25, -0.2) is 0 Å². The van der Waals surface area contributed by atoms with Crippen LogP contribution in [0.2, 0.25) is 0 Å². The fourth-order valence-corrected chi connectivity index (χ4v) is 2.88. The Kier molecular flexibility index (Phi) is 4.13. The Morgan fingerprint density at radius 2 is 1.65 bits per heavy atom. The summed E-state index contributed by atoms with van der Waals surface area (Å²) in [5, 5.41) is 10.5. The Balaban J connectivity index is 1.61. The van der Waals surface area contributed by atoms with Gasteiger partial charge >= 0.3 is 0 Å². The van der Waals surface area contributed by atoms with E-state index in [1.54, 1.807) is 0 Å². The zero-order chi connectivity index (χ0) is 14.1. The molecule has 1 unspecified atom stereocenters. The molecule has 110 valence electrons. The molecule has 0 amide bonds. The van der Waals surface area contributed by atoms with Crippen molar-refractivity contribution >= 4 is 0 Å². The second-order valence-corrected chi connectivity index (χ2v) is 6.96. The molecule has 0 aliphatic heterocycles. The minimum absolute atomic E-state index is 0.341. The van der Waals surface area contributed by atoms with Gasteiger partial charge in [0, 0.05) is 19.6 Å². The van der Waals surface area contributed by atoms with Gasteiger partial charge in [0.25, 0.3) is 0 Å². The quantitative estimate of drug-likeness (QED) is 0.822. The molecule has 2 fully saturated rings. The van der Waals surface area contributed by atoms with Gasteiger partial charge in [0.1, 0.15) is 0 Å². The van der Waals surface area contributed by atoms with Crippen LogP contribution in [0.15, 0.2) is 18.2 Å². The van der Waals surface area contributed by atoms with Crippen LogP contribution in [0.4, 0.5) is 0 Å². The molecule has 0 spiro atoms. The molecule has 1 N–H and O–H groups in total. The zero-order valence-corrected chi connectivity index (χ0v) is 12.8. The van der Waals surface area contributed by atoms with E-state index in [1.165, 1.54) is 49.9 Å². The summed E-state index contributed by atoms with van der Waals surface area (Å²) in [6.07, 6.45) is 5.22. The lowest BCUT2D eigenvalue weighted by Gasteiger charge is -2.25. The highest BCUT2D eigenvalue weighted by molar-refractivity contribution is 5.31. The van der Waals surface area contributed by atoms with Gasteiger partial charge < -0.3 is 5.11 Å². The van der Waals surface area contributed by atoms with Crippen molar-refractivity contribution < 1.29 is 5.11 Å². The molecule has 0 radical (unpaired) electrons. The highest BCUT2D eigenvalue weighted by Crippen LogP contribution is 2.34. The summed E-state index contributed by atoms with van der Waals surface area (Å²) >= 11 is 0. The summed E-state index contributed by atoms with van der Waals surface area (Å²) in [6.45, 7) is 7.43. The maximum absolute atomic E-state index is 10.5. The Bertz CT molecular complexity index is 448. The SMILES string of the molecule is Cc1ccc(C(O)CN(CC2CC2)CC2CC2)cc1C. The zero-order valence-electron chi connectivity index (χ0n) is 12.8. The molecule has 0 saturated heterocycles. The fourth-order valence-electron chi connectivity index (χ4n) is 2.88. The third-order valence-corrected chi connectivity index (χ3v) is 4.77. The third kappa shape index (κ3) is 3.83. The maximum Gasteiger partial charge on any atom is 0.0917 e. The minimum Gasteiger partial charge on any atom is -0.387 e. The first-order chi connectivity index (χ1) is 9.61. The van der Waals surface area contributed by atoms with Crippen molar-refractivity contribution in [2.45, 2.75) is 45.6 Å². The standard InChI is InChI=1S/C18H27NO/c1-13-3-8-17(9-14(13)2)18(20)12-19(10-15-4-5-15)11-16-6-7-16/h3,8-9,15-16,18,20H,4-7,10-12H2,1-2H3. The molecule has 2 aliphatic rings. The van der Waals surface area contributed by atoms with Crippen LogP contribution in [-0.2, 0) is 0 Å². The number of aliphatic hydroxyl groups is 1. The number of aliphatic hydroxyl groups excluding tert-OH is 1. The molecule has 0 aromatic heterocycles. The Hall–Kier alpha value is -0.860. The van der Waals surface area contributed by atoms with Gasteiger partial charge in [-0.15, -0.1) is 0 Å². The van der Waals surface area contributed by atoms with Crippen LogP contribution < -0.4 is 0 Å². The van der Waals surface area contributed by atoms with E-state index < -0.39 is 0 Å². The average Bonchev–Trinajstić information content (AvgIpc) is 3.28. The first-order valence-electron chi connectivity index (χ1n) is 8.09. The van der Waals surface area contributed by atoms with Crippen molar-refractivity contribution in [3.8, 4) is 0 Å². The van der Waals surface area contributed by atoms with Crippen molar-refractivity contribution in [2.75, 3.05) is 19.6 Å². The van der Waals surface area contributed by atoms with Crippen molar-refractivity contribution in [1.29, 1.82) is 0 Å². The van der Waals surface area contributed by atoms with Crippen LogP contribution in [0.3, 0.4) is 0 Å². The van der Waals surface area contributed by atoms with Gasteiger partial charge in [-0.3, -0.25) is 4.90 Å². The van der Waals surface area contributed by atoms with Gasteiger partial charge in [-0.1, -0.05) is 18.2 Å². The molecule has 1 atom stereocenters. The van der Waals surface area contributed by atoms with E-state index in [4.69, 9.17) is 0 Å². The second-order valence-electron chi connectivity index (χ2n) is 6.96. The number of benzene rings is 1. The van der Waals surface area contributed by atoms with Gasteiger partial charge in [-0.2, -0.15) is 0 Å². The lowest BCUT2D eigenvalue weighted by atomic mass is 10.0. The highest BCUT2D eigenvalue weighted by atomic mass is 16.3. The predicted molar refractivity (Wildman–Crippen MR) is 82.8 cm³/mol. The van der Waals surface area contributed by atoms with Crippen LogP contribution >= 0.6 is 0 Å². The van der Waals surface area contributed by atoms with Crippen LogP contribution in [0.1, 0.15) is 48.5 Å². The van der Waals surface area contributed by atoms with Crippen molar-refractivity contribution in [2.24, 2.45) is 11.8 Å². The van der Waals surface area contributed by atoms with Gasteiger partial charge in [-0.05, 0) is 68.1 Å². The molecule has 2 heteroatoms. The minimum atomic E-state index is -0.341. The summed E-state index contributed by atoms with van der Waals surface area (Å²) in [4.78, 5) is 2.51. The van der Waals surface area contributed by atoms with E-state index in [9.17, 15) is 5.11 Å². The smallest absolute Gasteiger partial charge is 0.0917 e. The number of hydrogen-bond donors (Lipinski definition) is 1. The van der Waals surface area contributed by atoms with Crippen LogP contribution in [0.25, 0.3) is 0 Å². The molecular formula is C18H27NO. The fraction of sp³-hybridized carbons (Fsp3) is 0.667. The van der Waals surface area contributed by atoms with Crippen LogP contribution in [-0.4, -0.2) is 29.6 Å². The molecule has 0 heterocycles. The molecule has 0 bridgehead atoms. The van der Waals surface area contributed by atoms with Crippen LogP contribution in [0, 0.1) is 25.7 Å². The lowest BCUT2D eigenvalue weighted by Crippen LogP contribution is -2.32. The average molecular weight is 273 g/mol. The summed E-state index contributed by atoms with van der Waals surface area (Å²) < 4.78 is 0. The molecule has 2 aliphatic carbocycles. The molecule has 2 nitrogen and oxygen atoms in total. The van der Waals surface area contributed by atoms with Crippen molar-refractivity contribution in [1.82, 2.24) is 4.90 Å². The molecule has 1 aromatic rings. The van der Waals surface area contributed by atoms with Crippen molar-refractivity contribution in [3.63, 3.8) is 0 Å². The number of hydrogen-bond acceptors (Lipinski definition) is 2. The van der Waals surface area contributed by atoms with E-state index in [-0.39, 0.29) is 6.10 Å². The summed E-state index contributed by atoms with van der Waals surface area (Å²) in [7, 11) is 0. The van der Waals surface area contributed by atoms with Gasteiger partial charge in [0.15, 0.2) is 0 Å². The Morgan fingerprint density at radius 3 is 2.15 bits per heavy atom. The summed E-state index contributed by atoms with van der Waals surface area (Å²) in [5.41, 5.74) is 3.65. The summed E-state index contributed by atoms with van der Waals surface area (Å²) in [6, 6.07) is 6.35. The summed E-state index contributed by atoms with van der Waals surface area (Å²) in [5.74, 6) is 1.81. The second kappa shape index (κ2) is 5.87. The van der Waals surface area contributed by atoms with Crippen LogP contribution in [0.5, 0.6) is 0 Å². The van der Waals surface area contributed by atoms with E-state index >= 15 is 0 Å². The lowest BCUT2D eigenvalue weighted by molar-refractivity contribution is 0.107. The molecule has 2 saturated carbocycles. The van der Waals surface area contributed by atoms with Gasteiger partial charge in [0.2, 0.25) is 0 Å². The number of nitrogens with zero attached hydrogens (tertiary/aromatic N) is 1. The topological polar surface area (TPSA) is 23.5 Å². The van der Waals surface area contributed by atoms with Gasteiger partial charge in [0.05, 0.1) is 6.10 Å². The number of rotatable bonds is 7. The van der Waals surface area contributed by atoms with E-state index in [0.717, 1.165) is 23.9 Å². The van der Waals surface area contributed by atoms with Crippen molar-refractivity contribution in [3.05, 3.63) is 34.9 Å². The number of aryl methyl sites for hydroxylation is 2. The largest absolute Gasteiger partial charge is 0.387 e. The normalized spacial score (nSPS) is 20.4. The Labute approximate surface area is 122 Å². The molecular weight excluding hydrogens is 246 g/mol. The first-order valence-corrected chi connectivity index (χ1v) is 8.09.